The molecule has 0 bridgehead atoms. The lowest BCUT2D eigenvalue weighted by molar-refractivity contribution is -0.0235. The van der Waals surface area contributed by atoms with Crippen LogP contribution in [-0.2, 0) is 18.7 Å². The normalized spacial score (nSPS) is 16.0. The van der Waals surface area contributed by atoms with E-state index in [1.54, 1.807) is 19.1 Å². The number of azide groups is 1. The fourth-order valence-electron chi connectivity index (χ4n) is 2.39. The summed E-state index contributed by atoms with van der Waals surface area (Å²) >= 11 is 0. The summed E-state index contributed by atoms with van der Waals surface area (Å²) in [6.45, 7) is 13.6. The van der Waals surface area contributed by atoms with E-state index in [9.17, 15) is 13.5 Å². The van der Waals surface area contributed by atoms with Crippen molar-refractivity contribution in [1.29, 1.82) is 0 Å². The molecule has 29 heavy (non-hydrogen) atoms. The highest BCUT2D eigenvalue weighted by Gasteiger charge is 2.42. The molecule has 0 amide bonds. The number of nitrogens with zero attached hydrogens (tertiary/aromatic N) is 3. The van der Waals surface area contributed by atoms with Gasteiger partial charge in [-0.05, 0) is 48.6 Å². The topological polar surface area (TPSA) is 122 Å². The van der Waals surface area contributed by atoms with E-state index in [2.05, 4.69) is 30.8 Å². The lowest BCUT2D eigenvalue weighted by Gasteiger charge is -2.42. The van der Waals surface area contributed by atoms with Gasteiger partial charge in [0.25, 0.3) is 10.1 Å². The molecule has 1 aromatic carbocycles. The molecule has 10 heteroatoms. The second kappa shape index (κ2) is 10.1. The third-order valence-electron chi connectivity index (χ3n) is 5.31. The third kappa shape index (κ3) is 7.40. The van der Waals surface area contributed by atoms with Crippen molar-refractivity contribution in [2.45, 2.75) is 69.9 Å². The smallest absolute Gasteiger partial charge is 0.297 e. The summed E-state index contributed by atoms with van der Waals surface area (Å²) in [4.78, 5) is 2.79. The molecule has 0 heterocycles. The van der Waals surface area contributed by atoms with E-state index in [0.717, 1.165) is 5.56 Å². The Labute approximate surface area is 175 Å². The molecule has 3 unspecified atom stereocenters. The van der Waals surface area contributed by atoms with Crippen LogP contribution >= 0.6 is 0 Å². The maximum absolute atomic E-state index is 12.4. The largest absolute Gasteiger partial charge is 0.411 e. The summed E-state index contributed by atoms with van der Waals surface area (Å²) < 4.78 is 36.3. The summed E-state index contributed by atoms with van der Waals surface area (Å²) in [5.74, 6) is -0.319. The summed E-state index contributed by atoms with van der Waals surface area (Å²) in [6, 6.07) is 6.28. The molecule has 1 rings (SSSR count). The van der Waals surface area contributed by atoms with Crippen molar-refractivity contribution in [3.8, 4) is 0 Å². The Morgan fingerprint density at radius 3 is 2.28 bits per heavy atom. The van der Waals surface area contributed by atoms with E-state index in [1.165, 1.54) is 12.1 Å². The number of aliphatic hydroxyl groups is 1. The van der Waals surface area contributed by atoms with Crippen molar-refractivity contribution in [3.63, 3.8) is 0 Å². The van der Waals surface area contributed by atoms with Crippen LogP contribution in [0, 0.1) is 12.8 Å². The molecule has 3 atom stereocenters. The van der Waals surface area contributed by atoms with Crippen LogP contribution in [0.3, 0.4) is 0 Å². The molecular formula is C19H33N3O5SSi. The Kier molecular flexibility index (Phi) is 8.88. The van der Waals surface area contributed by atoms with Gasteiger partial charge in [-0.2, -0.15) is 8.42 Å². The van der Waals surface area contributed by atoms with Crippen LogP contribution < -0.4 is 0 Å². The van der Waals surface area contributed by atoms with Crippen LogP contribution in [0.4, 0.5) is 0 Å². The van der Waals surface area contributed by atoms with Crippen LogP contribution in [0.25, 0.3) is 10.4 Å². The molecule has 0 radical (unpaired) electrons. The molecular weight excluding hydrogens is 410 g/mol. The number of aryl methyl sites for hydroxylation is 1. The summed E-state index contributed by atoms with van der Waals surface area (Å²) in [7, 11) is -6.28. The molecule has 0 aliphatic rings. The van der Waals surface area contributed by atoms with Crippen LogP contribution in [0.1, 0.15) is 33.3 Å². The number of rotatable bonds is 10. The highest BCUT2D eigenvalue weighted by atomic mass is 32.2. The second-order valence-corrected chi connectivity index (χ2v) is 15.2. The van der Waals surface area contributed by atoms with Crippen molar-refractivity contribution in [2.24, 2.45) is 11.0 Å². The molecule has 0 aliphatic heterocycles. The number of aliphatic hydroxyl groups excluding tert-OH is 1. The lowest BCUT2D eigenvalue weighted by Crippen LogP contribution is -2.50. The molecule has 164 valence electrons. The molecule has 1 aromatic rings. The van der Waals surface area contributed by atoms with E-state index in [4.69, 9.17) is 14.1 Å². The number of hydrogen-bond acceptors (Lipinski definition) is 6. The van der Waals surface area contributed by atoms with Crippen molar-refractivity contribution < 1.29 is 22.1 Å². The van der Waals surface area contributed by atoms with Gasteiger partial charge >= 0.3 is 0 Å². The minimum atomic E-state index is -4.01. The summed E-state index contributed by atoms with van der Waals surface area (Å²) in [6.07, 6.45) is -1.93. The van der Waals surface area contributed by atoms with Gasteiger partial charge < -0.3 is 9.53 Å². The Morgan fingerprint density at radius 2 is 1.79 bits per heavy atom. The summed E-state index contributed by atoms with van der Waals surface area (Å²) in [5.41, 5.74) is 9.54. The minimum Gasteiger partial charge on any atom is -0.411 e. The van der Waals surface area contributed by atoms with E-state index in [-0.39, 0.29) is 22.4 Å². The first-order valence-electron chi connectivity index (χ1n) is 9.54. The molecule has 0 aliphatic carbocycles. The first-order chi connectivity index (χ1) is 13.2. The first-order valence-corrected chi connectivity index (χ1v) is 13.9. The van der Waals surface area contributed by atoms with Gasteiger partial charge in [-0.3, -0.25) is 4.18 Å². The van der Waals surface area contributed by atoms with Crippen molar-refractivity contribution >= 4 is 18.4 Å². The molecule has 8 nitrogen and oxygen atoms in total. The lowest BCUT2D eigenvalue weighted by atomic mass is 10.0. The van der Waals surface area contributed by atoms with Crippen molar-refractivity contribution in [2.75, 3.05) is 13.2 Å². The Morgan fingerprint density at radius 1 is 1.24 bits per heavy atom. The molecule has 0 spiro atoms. The molecule has 0 fully saturated rings. The van der Waals surface area contributed by atoms with Gasteiger partial charge in [0.2, 0.25) is 0 Å². The minimum absolute atomic E-state index is 0.0271. The molecule has 1 N–H and O–H groups in total. The SMILES string of the molecule is Cc1ccc(S(=O)(=O)OCC(O)C(O[Si](C)(C)C(C)(C)C)C(C)CN=[N+]=[N-])cc1. The van der Waals surface area contributed by atoms with Crippen LogP contribution in [-0.4, -0.2) is 47.2 Å². The fourth-order valence-corrected chi connectivity index (χ4v) is 4.73. The predicted molar refractivity (Wildman–Crippen MR) is 116 cm³/mol. The van der Waals surface area contributed by atoms with Crippen LogP contribution in [0.15, 0.2) is 34.3 Å². The standard InChI is InChI=1S/C19H33N3O5SSi/c1-14-8-10-16(11-9-14)28(24,25)26-13-17(23)18(15(2)12-21-22-20)27-29(6,7)19(3,4)5/h8-11,15,17-18,23H,12-13H2,1-7H3. The van der Waals surface area contributed by atoms with E-state index in [0.29, 0.717) is 0 Å². The monoisotopic (exact) mass is 443 g/mol. The van der Waals surface area contributed by atoms with E-state index in [1.807, 2.05) is 20.0 Å². The van der Waals surface area contributed by atoms with Crippen LogP contribution in [0.5, 0.6) is 0 Å². The van der Waals surface area contributed by atoms with Crippen LogP contribution in [0.2, 0.25) is 18.1 Å². The molecule has 0 saturated heterocycles. The maximum Gasteiger partial charge on any atom is 0.297 e. The van der Waals surface area contributed by atoms with Gasteiger partial charge in [-0.25, -0.2) is 0 Å². The van der Waals surface area contributed by atoms with Gasteiger partial charge in [-0.15, -0.1) is 0 Å². The zero-order valence-electron chi connectivity index (χ0n) is 18.3. The quantitative estimate of drug-likeness (QED) is 0.189. The molecule has 0 saturated carbocycles. The van der Waals surface area contributed by atoms with E-state index < -0.39 is 37.3 Å². The zero-order valence-corrected chi connectivity index (χ0v) is 20.1. The first kappa shape index (κ1) is 25.6. The van der Waals surface area contributed by atoms with Crippen molar-refractivity contribution in [1.82, 2.24) is 0 Å². The average molecular weight is 444 g/mol. The fraction of sp³-hybridized carbons (Fsp3) is 0.684. The van der Waals surface area contributed by atoms with Gasteiger partial charge in [0.1, 0.15) is 6.10 Å². The van der Waals surface area contributed by atoms with Gasteiger partial charge in [0.05, 0.1) is 17.6 Å². The summed E-state index contributed by atoms with van der Waals surface area (Å²) in [5, 5.41) is 14.2. The van der Waals surface area contributed by atoms with Gasteiger partial charge in [0, 0.05) is 11.5 Å². The highest BCUT2D eigenvalue weighted by molar-refractivity contribution is 7.86. The Hall–Kier alpha value is -1.42. The van der Waals surface area contributed by atoms with Crippen molar-refractivity contribution in [3.05, 3.63) is 40.3 Å². The molecule has 0 aromatic heterocycles. The highest BCUT2D eigenvalue weighted by Crippen LogP contribution is 2.38. The Balaban J connectivity index is 2.99. The number of hydrogen-bond donors (Lipinski definition) is 1. The van der Waals surface area contributed by atoms with Gasteiger partial charge in [0.15, 0.2) is 8.32 Å². The third-order valence-corrected chi connectivity index (χ3v) is 11.1. The van der Waals surface area contributed by atoms with Gasteiger partial charge in [-0.1, -0.05) is 50.5 Å². The predicted octanol–water partition coefficient (Wildman–Crippen LogP) is 4.40. The average Bonchev–Trinajstić information content (AvgIpc) is 2.61. The maximum atomic E-state index is 12.4. The zero-order chi connectivity index (χ0) is 22.5. The van der Waals surface area contributed by atoms with E-state index >= 15 is 0 Å². The Bertz CT molecular complexity index is 815. The second-order valence-electron chi connectivity index (χ2n) is 8.85. The number of benzene rings is 1.